The molecule has 11 heavy (non-hydrogen) atoms. The third kappa shape index (κ3) is 1.79. The molecule has 0 radical (unpaired) electrons. The van der Waals surface area contributed by atoms with Gasteiger partial charge in [0.25, 0.3) is 0 Å². The predicted octanol–water partition coefficient (Wildman–Crippen LogP) is 3.09. The van der Waals surface area contributed by atoms with Gasteiger partial charge >= 0.3 is 0 Å². The molecule has 0 heterocycles. The summed E-state index contributed by atoms with van der Waals surface area (Å²) in [6.45, 7) is 0. The molecule has 56 valence electrons. The molecule has 0 unspecified atom stereocenters. The molecule has 1 aromatic rings. The highest BCUT2D eigenvalue weighted by Gasteiger charge is 2.00. The maximum Gasteiger partial charge on any atom is 0.123 e. The minimum Gasteiger partial charge on any atom is -0.145 e. The van der Waals surface area contributed by atoms with E-state index >= 15 is 0 Å². The highest BCUT2D eigenvalue weighted by Crippen LogP contribution is 2.26. The highest BCUT2D eigenvalue weighted by molar-refractivity contribution is 14.1. The molecule has 0 aliphatic heterocycles. The van der Waals surface area contributed by atoms with Crippen molar-refractivity contribution in [2.75, 3.05) is 0 Å². The minimum atomic E-state index is 0.222. The second-order valence-electron chi connectivity index (χ2n) is 1.82. The molecule has 0 saturated carbocycles. The Morgan fingerprint density at radius 2 is 1.91 bits per heavy atom. The Kier molecular flexibility index (Phi) is 2.64. The average molecular weight is 262 g/mol. The summed E-state index contributed by atoms with van der Waals surface area (Å²) in [6.07, 6.45) is 0. The lowest BCUT2D eigenvalue weighted by atomic mass is 10.3. The lowest BCUT2D eigenvalue weighted by Gasteiger charge is -1.92. The molecule has 0 N–H and O–H groups in total. The fraction of sp³-hybridized carbons (Fsp3) is 0. The number of rotatable bonds is 2. The molecule has 0 fully saturated rings. The molecule has 1 aromatic carbocycles. The molecule has 0 spiro atoms. The summed E-state index contributed by atoms with van der Waals surface area (Å²) in [4.78, 5) is 20.1. The molecular formula is C6H3IN2O2. The van der Waals surface area contributed by atoms with Crippen molar-refractivity contribution in [3.05, 3.63) is 31.6 Å². The number of nitrogens with zero attached hydrogens (tertiary/aromatic N) is 2. The summed E-state index contributed by atoms with van der Waals surface area (Å²) < 4.78 is 0.713. The lowest BCUT2D eigenvalue weighted by molar-refractivity contribution is 1.42. The van der Waals surface area contributed by atoms with Gasteiger partial charge in [-0.1, -0.05) is 0 Å². The topological polar surface area (TPSA) is 58.9 Å². The van der Waals surface area contributed by atoms with Gasteiger partial charge in [0.05, 0.1) is 0 Å². The van der Waals surface area contributed by atoms with Crippen molar-refractivity contribution in [2.24, 2.45) is 10.4 Å². The first-order valence-electron chi connectivity index (χ1n) is 2.74. The summed E-state index contributed by atoms with van der Waals surface area (Å²) in [5.74, 6) is 0. The zero-order chi connectivity index (χ0) is 8.27. The van der Waals surface area contributed by atoms with Crippen molar-refractivity contribution in [1.82, 2.24) is 0 Å². The van der Waals surface area contributed by atoms with E-state index in [-0.39, 0.29) is 11.4 Å². The van der Waals surface area contributed by atoms with Crippen LogP contribution in [0.25, 0.3) is 0 Å². The third-order valence-electron chi connectivity index (χ3n) is 1.13. The van der Waals surface area contributed by atoms with E-state index < -0.39 is 0 Å². The van der Waals surface area contributed by atoms with Crippen LogP contribution in [0.2, 0.25) is 0 Å². The van der Waals surface area contributed by atoms with Gasteiger partial charge in [0, 0.05) is 3.57 Å². The Hall–Kier alpha value is -0.850. The summed E-state index contributed by atoms with van der Waals surface area (Å²) in [5, 5.41) is 5.39. The largest absolute Gasteiger partial charge is 0.145 e. The van der Waals surface area contributed by atoms with Crippen LogP contribution >= 0.6 is 22.6 Å². The van der Waals surface area contributed by atoms with E-state index in [1.165, 1.54) is 12.1 Å². The van der Waals surface area contributed by atoms with Gasteiger partial charge in [0.15, 0.2) is 0 Å². The zero-order valence-electron chi connectivity index (χ0n) is 5.32. The Bertz CT molecular complexity index is 301. The van der Waals surface area contributed by atoms with Crippen LogP contribution in [0.4, 0.5) is 11.4 Å². The van der Waals surface area contributed by atoms with E-state index in [1.54, 1.807) is 6.07 Å². The summed E-state index contributed by atoms with van der Waals surface area (Å²) in [7, 11) is 0. The van der Waals surface area contributed by atoms with Crippen molar-refractivity contribution in [3.8, 4) is 0 Å². The molecule has 4 nitrogen and oxygen atoms in total. The van der Waals surface area contributed by atoms with Crippen LogP contribution in [-0.4, -0.2) is 0 Å². The molecule has 0 aromatic heterocycles. The first-order valence-corrected chi connectivity index (χ1v) is 3.82. The van der Waals surface area contributed by atoms with Crippen molar-refractivity contribution < 1.29 is 0 Å². The van der Waals surface area contributed by atoms with Crippen LogP contribution in [0.15, 0.2) is 28.6 Å². The van der Waals surface area contributed by atoms with E-state index in [1.807, 2.05) is 22.6 Å². The van der Waals surface area contributed by atoms with Gasteiger partial charge in [0.1, 0.15) is 11.4 Å². The van der Waals surface area contributed by atoms with Crippen LogP contribution in [0.1, 0.15) is 0 Å². The quantitative estimate of drug-likeness (QED) is 0.607. The molecular weight excluding hydrogens is 259 g/mol. The Morgan fingerprint density at radius 1 is 1.18 bits per heavy atom. The number of hydrogen-bond donors (Lipinski definition) is 0. The van der Waals surface area contributed by atoms with Crippen LogP contribution in [0, 0.1) is 13.4 Å². The van der Waals surface area contributed by atoms with Gasteiger partial charge in [-0.25, -0.2) is 0 Å². The van der Waals surface area contributed by atoms with Gasteiger partial charge in [0.2, 0.25) is 0 Å². The minimum absolute atomic E-state index is 0.222. The Balaban J connectivity index is 3.22. The van der Waals surface area contributed by atoms with Gasteiger partial charge in [-0.2, -0.15) is 0 Å². The van der Waals surface area contributed by atoms with Crippen molar-refractivity contribution >= 4 is 34.0 Å². The first kappa shape index (κ1) is 8.25. The number of benzene rings is 1. The normalized spacial score (nSPS) is 9.18. The van der Waals surface area contributed by atoms with Crippen molar-refractivity contribution in [2.45, 2.75) is 0 Å². The lowest BCUT2D eigenvalue weighted by Crippen LogP contribution is -1.70. The SMILES string of the molecule is O=Nc1ccc(I)c(N=O)c1. The molecule has 1 rings (SSSR count). The molecule has 0 aliphatic rings. The number of hydrogen-bond acceptors (Lipinski definition) is 4. The fourth-order valence-electron chi connectivity index (χ4n) is 0.628. The zero-order valence-corrected chi connectivity index (χ0v) is 7.48. The maximum absolute atomic E-state index is 10.1. The number of halogens is 1. The summed E-state index contributed by atoms with van der Waals surface area (Å²) in [6, 6.07) is 4.50. The van der Waals surface area contributed by atoms with Gasteiger partial charge in [-0.05, 0) is 51.1 Å². The average Bonchev–Trinajstić information content (AvgIpc) is 2.05. The maximum atomic E-state index is 10.1. The van der Waals surface area contributed by atoms with E-state index in [4.69, 9.17) is 0 Å². The molecule has 0 bridgehead atoms. The molecule has 0 aliphatic carbocycles. The number of nitroso groups, excluding NO2 is 2. The first-order chi connectivity index (χ1) is 5.27. The Labute approximate surface area is 76.1 Å². The summed E-state index contributed by atoms with van der Waals surface area (Å²) in [5.41, 5.74) is 0.475. The van der Waals surface area contributed by atoms with E-state index in [2.05, 4.69) is 10.4 Å². The smallest absolute Gasteiger partial charge is 0.123 e. The van der Waals surface area contributed by atoms with E-state index in [0.717, 1.165) is 0 Å². The van der Waals surface area contributed by atoms with E-state index in [9.17, 15) is 9.81 Å². The standard InChI is InChI=1S/C6H3IN2O2/c7-5-2-1-4(8-10)3-6(5)9-11/h1-3H. The monoisotopic (exact) mass is 262 g/mol. The van der Waals surface area contributed by atoms with Crippen LogP contribution in [0.5, 0.6) is 0 Å². The Morgan fingerprint density at radius 3 is 2.45 bits per heavy atom. The van der Waals surface area contributed by atoms with Crippen LogP contribution in [-0.2, 0) is 0 Å². The summed E-state index contributed by atoms with van der Waals surface area (Å²) >= 11 is 1.96. The van der Waals surface area contributed by atoms with Crippen molar-refractivity contribution in [1.29, 1.82) is 0 Å². The highest BCUT2D eigenvalue weighted by atomic mass is 127. The molecule has 0 saturated heterocycles. The fourth-order valence-corrected chi connectivity index (χ4v) is 1.06. The van der Waals surface area contributed by atoms with E-state index in [0.29, 0.717) is 3.57 Å². The molecule has 5 heteroatoms. The van der Waals surface area contributed by atoms with Gasteiger partial charge in [-0.15, -0.1) is 9.81 Å². The van der Waals surface area contributed by atoms with Gasteiger partial charge < -0.3 is 0 Å². The molecule has 0 amide bonds. The van der Waals surface area contributed by atoms with Crippen molar-refractivity contribution in [3.63, 3.8) is 0 Å². The third-order valence-corrected chi connectivity index (χ3v) is 2.05. The second kappa shape index (κ2) is 3.51. The van der Waals surface area contributed by atoms with Crippen LogP contribution < -0.4 is 0 Å². The molecule has 0 atom stereocenters. The van der Waals surface area contributed by atoms with Gasteiger partial charge in [-0.3, -0.25) is 0 Å². The second-order valence-corrected chi connectivity index (χ2v) is 2.98. The predicted molar refractivity (Wildman–Crippen MR) is 50.1 cm³/mol. The van der Waals surface area contributed by atoms with Crippen LogP contribution in [0.3, 0.4) is 0 Å².